The molecule has 3 aromatic rings. The van der Waals surface area contributed by atoms with Gasteiger partial charge in [-0.2, -0.15) is 0 Å². The SMILES string of the molecule is Cc1c(-c2[nH]c3ccc(OCC4CCN(CC(=O)N(C)C)CC4)cc3c2C(C)C)cn(C)c(=O)c1C. The second-order valence-electron chi connectivity index (χ2n) is 10.8. The van der Waals surface area contributed by atoms with Gasteiger partial charge in [-0.15, -0.1) is 0 Å². The number of amides is 1. The summed E-state index contributed by atoms with van der Waals surface area (Å²) in [5, 5.41) is 1.17. The summed E-state index contributed by atoms with van der Waals surface area (Å²) < 4.78 is 7.95. The predicted molar refractivity (Wildman–Crippen MR) is 146 cm³/mol. The lowest BCUT2D eigenvalue weighted by Crippen LogP contribution is -2.41. The van der Waals surface area contributed by atoms with Crippen LogP contribution in [0.3, 0.4) is 0 Å². The van der Waals surface area contributed by atoms with Crippen LogP contribution in [0.2, 0.25) is 0 Å². The van der Waals surface area contributed by atoms with Gasteiger partial charge in [-0.25, -0.2) is 0 Å². The lowest BCUT2D eigenvalue weighted by Gasteiger charge is -2.31. The number of benzene rings is 1. The van der Waals surface area contributed by atoms with E-state index >= 15 is 0 Å². The number of likely N-dealkylation sites (N-methyl/N-ethyl adjacent to an activating group) is 1. The monoisotopic (exact) mass is 492 g/mol. The maximum atomic E-state index is 12.4. The van der Waals surface area contributed by atoms with Crippen molar-refractivity contribution in [3.8, 4) is 17.0 Å². The summed E-state index contributed by atoms with van der Waals surface area (Å²) in [4.78, 5) is 31.9. The highest BCUT2D eigenvalue weighted by Gasteiger charge is 2.23. The molecule has 0 atom stereocenters. The average Bonchev–Trinajstić information content (AvgIpc) is 3.23. The molecule has 0 spiro atoms. The lowest BCUT2D eigenvalue weighted by molar-refractivity contribution is -0.130. The van der Waals surface area contributed by atoms with E-state index in [1.54, 1.807) is 9.47 Å². The van der Waals surface area contributed by atoms with E-state index in [0.717, 1.165) is 59.6 Å². The molecule has 4 rings (SSSR count). The van der Waals surface area contributed by atoms with E-state index in [4.69, 9.17) is 4.74 Å². The Bertz CT molecular complexity index is 1310. The van der Waals surface area contributed by atoms with Crippen molar-refractivity contribution in [2.45, 2.75) is 46.5 Å². The van der Waals surface area contributed by atoms with Crippen LogP contribution in [0.1, 0.15) is 49.3 Å². The van der Waals surface area contributed by atoms with Crippen molar-refractivity contribution in [2.75, 3.05) is 40.3 Å². The maximum Gasteiger partial charge on any atom is 0.253 e. The number of hydrogen-bond acceptors (Lipinski definition) is 4. The van der Waals surface area contributed by atoms with Gasteiger partial charge in [-0.1, -0.05) is 13.8 Å². The summed E-state index contributed by atoms with van der Waals surface area (Å²) in [6, 6.07) is 6.29. The molecule has 0 radical (unpaired) electrons. The van der Waals surface area contributed by atoms with Crippen LogP contribution in [0.25, 0.3) is 22.2 Å². The van der Waals surface area contributed by atoms with Crippen LogP contribution in [0, 0.1) is 19.8 Å². The van der Waals surface area contributed by atoms with Crippen molar-refractivity contribution in [2.24, 2.45) is 13.0 Å². The van der Waals surface area contributed by atoms with Gasteiger partial charge < -0.3 is 19.2 Å². The number of ether oxygens (including phenoxy) is 1. The summed E-state index contributed by atoms with van der Waals surface area (Å²) in [5.41, 5.74) is 6.31. The van der Waals surface area contributed by atoms with Gasteiger partial charge >= 0.3 is 0 Å². The third-order valence-corrected chi connectivity index (χ3v) is 7.64. The number of nitrogens with zero attached hydrogens (tertiary/aromatic N) is 3. The van der Waals surface area contributed by atoms with E-state index in [-0.39, 0.29) is 11.5 Å². The first-order valence-corrected chi connectivity index (χ1v) is 12.9. The molecule has 0 bridgehead atoms. The van der Waals surface area contributed by atoms with Gasteiger partial charge in [0.15, 0.2) is 0 Å². The molecule has 1 aliphatic rings. The van der Waals surface area contributed by atoms with E-state index in [9.17, 15) is 9.59 Å². The number of aryl methyl sites for hydroxylation is 1. The fourth-order valence-electron chi connectivity index (χ4n) is 5.18. The van der Waals surface area contributed by atoms with Crippen molar-refractivity contribution in [3.63, 3.8) is 0 Å². The molecule has 1 aromatic carbocycles. The first kappa shape index (κ1) is 26.0. The third kappa shape index (κ3) is 5.21. The molecule has 1 fully saturated rings. The number of nitrogens with one attached hydrogen (secondary N) is 1. The molecule has 0 aliphatic carbocycles. The molecule has 1 saturated heterocycles. The van der Waals surface area contributed by atoms with Crippen LogP contribution >= 0.6 is 0 Å². The minimum atomic E-state index is 0.0456. The van der Waals surface area contributed by atoms with Crippen LogP contribution in [0.15, 0.2) is 29.2 Å². The number of rotatable bonds is 7. The molecule has 3 heterocycles. The van der Waals surface area contributed by atoms with Gasteiger partial charge in [0.2, 0.25) is 5.91 Å². The van der Waals surface area contributed by atoms with Crippen molar-refractivity contribution >= 4 is 16.8 Å². The zero-order chi connectivity index (χ0) is 26.1. The fraction of sp³-hybridized carbons (Fsp3) is 0.517. The molecule has 194 valence electrons. The molecule has 1 N–H and O–H groups in total. The Kier molecular flexibility index (Phi) is 7.59. The molecular formula is C29H40N4O3. The molecule has 0 unspecified atom stereocenters. The average molecular weight is 493 g/mol. The number of fused-ring (bicyclic) bond motifs is 1. The van der Waals surface area contributed by atoms with Crippen LogP contribution in [0.5, 0.6) is 5.75 Å². The van der Waals surface area contributed by atoms with E-state index in [1.807, 2.05) is 47.3 Å². The van der Waals surface area contributed by atoms with Crippen LogP contribution in [-0.4, -0.2) is 65.6 Å². The van der Waals surface area contributed by atoms with E-state index in [1.165, 1.54) is 10.9 Å². The predicted octanol–water partition coefficient (Wildman–Crippen LogP) is 4.45. The van der Waals surface area contributed by atoms with Crippen LogP contribution < -0.4 is 10.3 Å². The number of piperidine rings is 1. The second kappa shape index (κ2) is 10.5. The maximum absolute atomic E-state index is 12.4. The van der Waals surface area contributed by atoms with Crippen molar-refractivity contribution in [1.29, 1.82) is 0 Å². The number of H-pyrrole nitrogens is 1. The van der Waals surface area contributed by atoms with E-state index < -0.39 is 0 Å². The fourth-order valence-corrected chi connectivity index (χ4v) is 5.18. The lowest BCUT2D eigenvalue weighted by atomic mass is 9.94. The molecular weight excluding hydrogens is 452 g/mol. The third-order valence-electron chi connectivity index (χ3n) is 7.64. The van der Waals surface area contributed by atoms with Crippen molar-refractivity contribution in [3.05, 3.63) is 51.4 Å². The summed E-state index contributed by atoms with van der Waals surface area (Å²) in [7, 11) is 5.43. The minimum absolute atomic E-state index is 0.0456. The Hall–Kier alpha value is -3.06. The van der Waals surface area contributed by atoms with Gasteiger partial charge in [-0.3, -0.25) is 14.5 Å². The summed E-state index contributed by atoms with van der Waals surface area (Å²) in [6.07, 6.45) is 4.02. The normalized spacial score (nSPS) is 15.1. The second-order valence-corrected chi connectivity index (χ2v) is 10.8. The number of hydrogen-bond donors (Lipinski definition) is 1. The van der Waals surface area contributed by atoms with Gasteiger partial charge in [0.05, 0.1) is 18.8 Å². The molecule has 1 amide bonds. The molecule has 7 nitrogen and oxygen atoms in total. The molecule has 36 heavy (non-hydrogen) atoms. The van der Waals surface area contributed by atoms with Gasteiger partial charge in [0.1, 0.15) is 5.75 Å². The Morgan fingerprint density at radius 2 is 1.86 bits per heavy atom. The van der Waals surface area contributed by atoms with Crippen LogP contribution in [0.4, 0.5) is 0 Å². The number of aromatic amines is 1. The van der Waals surface area contributed by atoms with Crippen molar-refractivity contribution in [1.82, 2.24) is 19.4 Å². The zero-order valence-electron chi connectivity index (χ0n) is 22.8. The van der Waals surface area contributed by atoms with Gasteiger partial charge in [0.25, 0.3) is 5.56 Å². The van der Waals surface area contributed by atoms with Crippen LogP contribution in [-0.2, 0) is 11.8 Å². The highest BCUT2D eigenvalue weighted by molar-refractivity contribution is 5.92. The first-order valence-electron chi connectivity index (χ1n) is 12.9. The number of carbonyl (C=O) groups excluding carboxylic acids is 1. The standard InChI is InChI=1S/C29H40N4O3/c1-18(2)27-23-14-22(36-17-21-10-12-33(13-11-21)16-26(34)31(5)6)8-9-25(23)30-28(27)24-15-32(7)29(35)20(4)19(24)3/h8-9,14-15,18,21,30H,10-13,16-17H2,1-7H3. The van der Waals surface area contributed by atoms with Gasteiger partial charge in [-0.05, 0) is 80.9 Å². The molecule has 1 aliphatic heterocycles. The number of pyridine rings is 1. The minimum Gasteiger partial charge on any atom is -0.493 e. The zero-order valence-corrected chi connectivity index (χ0v) is 22.8. The number of carbonyl (C=O) groups is 1. The van der Waals surface area contributed by atoms with E-state index in [0.29, 0.717) is 25.0 Å². The van der Waals surface area contributed by atoms with Crippen molar-refractivity contribution < 1.29 is 9.53 Å². The molecule has 2 aromatic heterocycles. The Labute approximate surface area is 214 Å². The Balaban J connectivity index is 1.52. The quantitative estimate of drug-likeness (QED) is 0.529. The molecule has 7 heteroatoms. The summed E-state index contributed by atoms with van der Waals surface area (Å²) in [6.45, 7) is 11.4. The highest BCUT2D eigenvalue weighted by atomic mass is 16.5. The number of aromatic nitrogens is 2. The summed E-state index contributed by atoms with van der Waals surface area (Å²) in [5.74, 6) is 1.84. The Morgan fingerprint density at radius 1 is 1.17 bits per heavy atom. The first-order chi connectivity index (χ1) is 17.1. The van der Waals surface area contributed by atoms with Gasteiger partial charge in [0, 0.05) is 49.4 Å². The largest absolute Gasteiger partial charge is 0.493 e. The summed E-state index contributed by atoms with van der Waals surface area (Å²) >= 11 is 0. The smallest absolute Gasteiger partial charge is 0.253 e. The highest BCUT2D eigenvalue weighted by Crippen LogP contribution is 2.38. The van der Waals surface area contributed by atoms with E-state index in [2.05, 4.69) is 35.9 Å². The number of likely N-dealkylation sites (tertiary alicyclic amines) is 1. The topological polar surface area (TPSA) is 70.6 Å². The Morgan fingerprint density at radius 3 is 2.50 bits per heavy atom. The molecule has 0 saturated carbocycles.